The number of para-hydroxylation sites is 3. The Morgan fingerprint density at radius 3 is 2.43 bits per heavy atom. The lowest BCUT2D eigenvalue weighted by atomic mass is 10.1. The summed E-state index contributed by atoms with van der Waals surface area (Å²) in [6, 6.07) is 23.8. The van der Waals surface area contributed by atoms with E-state index in [2.05, 4.69) is 14.9 Å². The van der Waals surface area contributed by atoms with Crippen molar-refractivity contribution in [2.75, 3.05) is 5.32 Å². The maximum atomic E-state index is 12.9. The molecule has 0 saturated heterocycles. The zero-order valence-corrected chi connectivity index (χ0v) is 16.1. The van der Waals surface area contributed by atoms with Crippen molar-refractivity contribution in [2.45, 2.75) is 0 Å². The fourth-order valence-corrected chi connectivity index (χ4v) is 3.30. The molecule has 0 radical (unpaired) electrons. The van der Waals surface area contributed by atoms with Crippen molar-refractivity contribution in [1.29, 1.82) is 0 Å². The van der Waals surface area contributed by atoms with Gasteiger partial charge in [-0.1, -0.05) is 58.6 Å². The van der Waals surface area contributed by atoms with Crippen molar-refractivity contribution in [2.24, 2.45) is 0 Å². The molecule has 0 atom stereocenters. The first kappa shape index (κ1) is 18.2. The van der Waals surface area contributed by atoms with Gasteiger partial charge in [-0.25, -0.2) is 0 Å². The molecule has 3 aromatic carbocycles. The molecular weight excluding hydrogens is 394 g/mol. The summed E-state index contributed by atoms with van der Waals surface area (Å²) in [6.07, 6.45) is 0. The Labute approximate surface area is 170 Å². The van der Waals surface area contributed by atoms with Crippen molar-refractivity contribution in [3.8, 4) is 22.8 Å². The van der Waals surface area contributed by atoms with E-state index in [1.807, 2.05) is 54.6 Å². The molecule has 5 nitrogen and oxygen atoms in total. The fraction of sp³-hybridized carbons (Fsp3) is 0. The molecule has 0 aliphatic heterocycles. The monoisotopic (exact) mass is 407 g/mol. The molecule has 4 aromatic rings. The van der Waals surface area contributed by atoms with Gasteiger partial charge < -0.3 is 10.1 Å². The lowest BCUT2D eigenvalue weighted by Gasteiger charge is -2.12. The second-order valence-corrected chi connectivity index (χ2v) is 7.01. The van der Waals surface area contributed by atoms with Gasteiger partial charge in [-0.3, -0.25) is 4.79 Å². The SMILES string of the molecule is O=C(Nc1ccccc1Oc1ccccc1)c1snnc1-c1ccc(Cl)cc1. The molecule has 0 aliphatic carbocycles. The highest BCUT2D eigenvalue weighted by molar-refractivity contribution is 7.08. The van der Waals surface area contributed by atoms with Crippen molar-refractivity contribution >= 4 is 34.7 Å². The number of carbonyl (C=O) groups is 1. The molecule has 1 aromatic heterocycles. The third-order valence-electron chi connectivity index (χ3n) is 3.92. The highest BCUT2D eigenvalue weighted by Gasteiger charge is 2.19. The maximum absolute atomic E-state index is 12.9. The minimum atomic E-state index is -0.302. The van der Waals surface area contributed by atoms with Gasteiger partial charge in [0.25, 0.3) is 5.91 Å². The van der Waals surface area contributed by atoms with Gasteiger partial charge in [0.1, 0.15) is 16.3 Å². The molecule has 0 saturated carbocycles. The Hall–Kier alpha value is -3.22. The van der Waals surface area contributed by atoms with Gasteiger partial charge in [-0.15, -0.1) is 5.10 Å². The normalized spacial score (nSPS) is 10.5. The predicted molar refractivity (Wildman–Crippen MR) is 111 cm³/mol. The van der Waals surface area contributed by atoms with Gasteiger partial charge in [0.15, 0.2) is 5.75 Å². The summed E-state index contributed by atoms with van der Waals surface area (Å²) < 4.78 is 9.84. The molecule has 0 bridgehead atoms. The smallest absolute Gasteiger partial charge is 0.269 e. The summed E-state index contributed by atoms with van der Waals surface area (Å²) in [5, 5.41) is 7.61. The largest absolute Gasteiger partial charge is 0.455 e. The zero-order valence-electron chi connectivity index (χ0n) is 14.5. The van der Waals surface area contributed by atoms with Crippen molar-refractivity contribution < 1.29 is 9.53 Å². The number of benzene rings is 3. The van der Waals surface area contributed by atoms with Gasteiger partial charge in [-0.05, 0) is 47.9 Å². The average molecular weight is 408 g/mol. The quantitative estimate of drug-likeness (QED) is 0.447. The van der Waals surface area contributed by atoms with Crippen LogP contribution in [0.25, 0.3) is 11.3 Å². The number of hydrogen-bond acceptors (Lipinski definition) is 5. The molecular formula is C21H14ClN3O2S. The molecule has 0 fully saturated rings. The van der Waals surface area contributed by atoms with E-state index in [0.29, 0.717) is 32.8 Å². The van der Waals surface area contributed by atoms with E-state index in [0.717, 1.165) is 17.1 Å². The third kappa shape index (κ3) is 4.03. The van der Waals surface area contributed by atoms with Crippen LogP contribution in [-0.2, 0) is 0 Å². The Bertz CT molecular complexity index is 1100. The van der Waals surface area contributed by atoms with E-state index in [4.69, 9.17) is 16.3 Å². The van der Waals surface area contributed by atoms with E-state index in [1.165, 1.54) is 0 Å². The van der Waals surface area contributed by atoms with Crippen molar-refractivity contribution in [3.63, 3.8) is 0 Å². The van der Waals surface area contributed by atoms with Crippen LogP contribution in [0.4, 0.5) is 5.69 Å². The number of nitrogens with zero attached hydrogens (tertiary/aromatic N) is 2. The van der Waals surface area contributed by atoms with E-state index in [-0.39, 0.29) is 5.91 Å². The summed E-state index contributed by atoms with van der Waals surface area (Å²) in [5.74, 6) is 0.933. The van der Waals surface area contributed by atoms with Gasteiger partial charge in [-0.2, -0.15) is 0 Å². The van der Waals surface area contributed by atoms with Crippen LogP contribution in [0.3, 0.4) is 0 Å². The minimum absolute atomic E-state index is 0.302. The van der Waals surface area contributed by atoms with Gasteiger partial charge in [0, 0.05) is 10.6 Å². The number of carbonyl (C=O) groups excluding carboxylic acids is 1. The average Bonchev–Trinajstić information content (AvgIpc) is 3.21. The molecule has 0 unspecified atom stereocenters. The van der Waals surface area contributed by atoms with Crippen LogP contribution in [0.1, 0.15) is 9.67 Å². The maximum Gasteiger partial charge on any atom is 0.269 e. The van der Waals surface area contributed by atoms with Gasteiger partial charge in [0.2, 0.25) is 0 Å². The molecule has 0 spiro atoms. The molecule has 0 aliphatic rings. The van der Waals surface area contributed by atoms with Gasteiger partial charge >= 0.3 is 0 Å². The van der Waals surface area contributed by atoms with Crippen molar-refractivity contribution in [3.05, 3.63) is 88.8 Å². The number of rotatable bonds is 5. The lowest BCUT2D eigenvalue weighted by molar-refractivity contribution is 0.103. The van der Waals surface area contributed by atoms with Crippen LogP contribution < -0.4 is 10.1 Å². The second-order valence-electron chi connectivity index (χ2n) is 5.82. The van der Waals surface area contributed by atoms with E-state index >= 15 is 0 Å². The zero-order chi connectivity index (χ0) is 19.3. The van der Waals surface area contributed by atoms with Gasteiger partial charge in [0.05, 0.1) is 5.69 Å². The second kappa shape index (κ2) is 8.21. The first-order chi connectivity index (χ1) is 13.7. The Balaban J connectivity index is 1.59. The Morgan fingerprint density at radius 2 is 1.64 bits per heavy atom. The summed E-state index contributed by atoms with van der Waals surface area (Å²) in [7, 11) is 0. The highest BCUT2D eigenvalue weighted by atomic mass is 35.5. The number of anilines is 1. The van der Waals surface area contributed by atoms with Crippen LogP contribution in [0.5, 0.6) is 11.5 Å². The molecule has 138 valence electrons. The van der Waals surface area contributed by atoms with Crippen LogP contribution in [0.2, 0.25) is 5.02 Å². The van der Waals surface area contributed by atoms with Crippen molar-refractivity contribution in [1.82, 2.24) is 9.59 Å². The fourth-order valence-electron chi connectivity index (χ4n) is 2.59. The Morgan fingerprint density at radius 1 is 0.929 bits per heavy atom. The Kier molecular flexibility index (Phi) is 5.32. The molecule has 4 rings (SSSR count). The standard InChI is InChI=1S/C21H14ClN3O2S/c22-15-12-10-14(11-13-15)19-20(28-25-24-19)21(26)23-17-8-4-5-9-18(17)27-16-6-2-1-3-7-16/h1-13H,(H,23,26). The van der Waals surface area contributed by atoms with E-state index in [1.54, 1.807) is 24.3 Å². The number of amides is 1. The van der Waals surface area contributed by atoms with Crippen LogP contribution in [0, 0.1) is 0 Å². The summed E-state index contributed by atoms with van der Waals surface area (Å²) >= 11 is 6.98. The molecule has 1 amide bonds. The van der Waals surface area contributed by atoms with E-state index in [9.17, 15) is 4.79 Å². The number of nitrogens with one attached hydrogen (secondary N) is 1. The summed E-state index contributed by atoms with van der Waals surface area (Å²) in [5.41, 5.74) is 1.85. The van der Waals surface area contributed by atoms with Crippen LogP contribution >= 0.6 is 23.1 Å². The number of ether oxygens (including phenoxy) is 1. The first-order valence-electron chi connectivity index (χ1n) is 8.42. The lowest BCUT2D eigenvalue weighted by Crippen LogP contribution is -2.12. The number of hydrogen-bond donors (Lipinski definition) is 1. The molecule has 1 heterocycles. The first-order valence-corrected chi connectivity index (χ1v) is 9.57. The minimum Gasteiger partial charge on any atom is -0.455 e. The molecule has 28 heavy (non-hydrogen) atoms. The number of aromatic nitrogens is 2. The summed E-state index contributed by atoms with van der Waals surface area (Å²) in [4.78, 5) is 13.3. The number of halogens is 1. The van der Waals surface area contributed by atoms with Crippen LogP contribution in [-0.4, -0.2) is 15.5 Å². The highest BCUT2D eigenvalue weighted by Crippen LogP contribution is 2.31. The third-order valence-corrected chi connectivity index (χ3v) is 4.89. The van der Waals surface area contributed by atoms with E-state index < -0.39 is 0 Å². The topological polar surface area (TPSA) is 64.1 Å². The molecule has 7 heteroatoms. The van der Waals surface area contributed by atoms with Crippen LogP contribution in [0.15, 0.2) is 78.9 Å². The molecule has 1 N–H and O–H groups in total. The predicted octanol–water partition coefficient (Wildman–Crippen LogP) is 5.90. The summed E-state index contributed by atoms with van der Waals surface area (Å²) in [6.45, 7) is 0.